The molecule has 4 rings (SSSR count). The van der Waals surface area contributed by atoms with E-state index in [1.165, 1.54) is 4.90 Å². The van der Waals surface area contributed by atoms with Gasteiger partial charge in [0.05, 0.1) is 12.3 Å². The number of hydrogen-bond donors (Lipinski definition) is 4. The number of benzene rings is 2. The van der Waals surface area contributed by atoms with E-state index >= 15 is 0 Å². The smallest absolute Gasteiger partial charge is 0.325 e. The summed E-state index contributed by atoms with van der Waals surface area (Å²) in [6.07, 6.45) is 1.64. The summed E-state index contributed by atoms with van der Waals surface area (Å²) in [4.78, 5) is 56.0. The highest BCUT2D eigenvalue weighted by Gasteiger charge is 2.37. The van der Waals surface area contributed by atoms with Gasteiger partial charge in [-0.25, -0.2) is 0 Å². The zero-order valence-electron chi connectivity index (χ0n) is 20.7. The molecular formula is C26H26N6O5S. The second-order valence-corrected chi connectivity index (χ2v) is 9.14. The SMILES string of the molecule is CCOC(=O)CNC(=O)[C@H](c1c[nH]c2ccccc12)N(C(=O)c1snc(C(N)=O)c1N)c1ccc(C)cc1. The third-order valence-electron chi connectivity index (χ3n) is 5.82. The number of ether oxygens (including phenoxy) is 1. The lowest BCUT2D eigenvalue weighted by molar-refractivity contribution is -0.143. The molecule has 6 N–H and O–H groups in total. The lowest BCUT2D eigenvalue weighted by atomic mass is 10.0. The van der Waals surface area contributed by atoms with Crippen LogP contribution in [0, 0.1) is 6.92 Å². The summed E-state index contributed by atoms with van der Waals surface area (Å²) in [5.74, 6) is -2.79. The fraction of sp³-hybridized carbons (Fsp3) is 0.192. The van der Waals surface area contributed by atoms with E-state index in [1.807, 2.05) is 31.2 Å². The molecule has 0 bridgehead atoms. The summed E-state index contributed by atoms with van der Waals surface area (Å²) >= 11 is 0.713. The van der Waals surface area contributed by atoms with E-state index in [-0.39, 0.29) is 22.9 Å². The number of carbonyl (C=O) groups excluding carboxylic acids is 4. The van der Waals surface area contributed by atoms with E-state index < -0.39 is 36.3 Å². The lowest BCUT2D eigenvalue weighted by Crippen LogP contribution is -2.45. The quantitative estimate of drug-likeness (QED) is 0.239. The molecule has 12 heteroatoms. The second-order valence-electron chi connectivity index (χ2n) is 8.36. The molecule has 0 unspecified atom stereocenters. The fourth-order valence-corrected chi connectivity index (χ4v) is 4.76. The summed E-state index contributed by atoms with van der Waals surface area (Å²) in [5.41, 5.74) is 13.6. The molecule has 0 saturated carbocycles. The summed E-state index contributed by atoms with van der Waals surface area (Å²) in [6, 6.07) is 13.0. The number of hydrogen-bond acceptors (Lipinski definition) is 8. The number of primary amides is 1. The maximum absolute atomic E-state index is 14.1. The van der Waals surface area contributed by atoms with E-state index in [4.69, 9.17) is 16.2 Å². The Labute approximate surface area is 221 Å². The second kappa shape index (κ2) is 11.1. The Bertz CT molecular complexity index is 1510. The fourth-order valence-electron chi connectivity index (χ4n) is 4.01. The highest BCUT2D eigenvalue weighted by molar-refractivity contribution is 7.09. The Morgan fingerprint density at radius 3 is 2.50 bits per heavy atom. The summed E-state index contributed by atoms with van der Waals surface area (Å²) < 4.78 is 8.89. The first kappa shape index (κ1) is 26.4. The van der Waals surface area contributed by atoms with Crippen molar-refractivity contribution in [2.45, 2.75) is 19.9 Å². The molecule has 0 spiro atoms. The van der Waals surface area contributed by atoms with Crippen molar-refractivity contribution in [1.29, 1.82) is 0 Å². The zero-order chi connectivity index (χ0) is 27.4. The highest BCUT2D eigenvalue weighted by atomic mass is 32.1. The average Bonchev–Trinajstić information content (AvgIpc) is 3.50. The maximum atomic E-state index is 14.1. The largest absolute Gasteiger partial charge is 0.465 e. The van der Waals surface area contributed by atoms with E-state index in [9.17, 15) is 19.2 Å². The predicted octanol–water partition coefficient (Wildman–Crippen LogP) is 2.68. The molecule has 11 nitrogen and oxygen atoms in total. The first-order valence-electron chi connectivity index (χ1n) is 11.7. The van der Waals surface area contributed by atoms with Gasteiger partial charge in [-0.1, -0.05) is 35.9 Å². The lowest BCUT2D eigenvalue weighted by Gasteiger charge is -2.31. The molecular weight excluding hydrogens is 508 g/mol. The molecule has 3 amide bonds. The Kier molecular flexibility index (Phi) is 7.72. The third kappa shape index (κ3) is 5.20. The summed E-state index contributed by atoms with van der Waals surface area (Å²) in [5, 5.41) is 3.29. The van der Waals surface area contributed by atoms with Crippen molar-refractivity contribution in [2.24, 2.45) is 5.73 Å². The van der Waals surface area contributed by atoms with Gasteiger partial charge in [0, 0.05) is 28.4 Å². The van der Waals surface area contributed by atoms with Crippen LogP contribution in [0.15, 0.2) is 54.7 Å². The molecule has 196 valence electrons. The number of aromatic nitrogens is 2. The molecule has 2 aromatic heterocycles. The number of anilines is 2. The minimum atomic E-state index is -1.24. The Balaban J connectivity index is 1.88. The van der Waals surface area contributed by atoms with Crippen molar-refractivity contribution < 1.29 is 23.9 Å². The number of fused-ring (bicyclic) bond motifs is 1. The van der Waals surface area contributed by atoms with Crippen LogP contribution in [-0.2, 0) is 14.3 Å². The molecule has 0 radical (unpaired) electrons. The summed E-state index contributed by atoms with van der Waals surface area (Å²) in [6.45, 7) is 3.31. The number of esters is 1. The first-order valence-corrected chi connectivity index (χ1v) is 12.4. The molecule has 4 aromatic rings. The van der Waals surface area contributed by atoms with Gasteiger partial charge in [-0.15, -0.1) is 0 Å². The number of amides is 3. The molecule has 0 aliphatic heterocycles. The zero-order valence-corrected chi connectivity index (χ0v) is 21.5. The van der Waals surface area contributed by atoms with Crippen LogP contribution in [0.2, 0.25) is 0 Å². The topological polar surface area (TPSA) is 174 Å². The average molecular weight is 535 g/mol. The molecule has 0 fully saturated rings. The van der Waals surface area contributed by atoms with Gasteiger partial charge in [-0.2, -0.15) is 4.37 Å². The molecule has 0 aliphatic rings. The van der Waals surface area contributed by atoms with Crippen LogP contribution in [0.1, 0.15) is 44.3 Å². The molecule has 2 heterocycles. The van der Waals surface area contributed by atoms with Crippen LogP contribution < -0.4 is 21.7 Å². The van der Waals surface area contributed by atoms with Crippen LogP contribution >= 0.6 is 11.5 Å². The van der Waals surface area contributed by atoms with Crippen molar-refractivity contribution in [1.82, 2.24) is 14.7 Å². The van der Waals surface area contributed by atoms with Crippen molar-refractivity contribution in [3.8, 4) is 0 Å². The van der Waals surface area contributed by atoms with Crippen LogP contribution in [0.25, 0.3) is 10.9 Å². The van der Waals surface area contributed by atoms with Gasteiger partial charge < -0.3 is 26.5 Å². The Hall–Kier alpha value is -4.71. The van der Waals surface area contributed by atoms with Gasteiger partial charge in [0.15, 0.2) is 5.69 Å². The number of aryl methyl sites for hydroxylation is 1. The normalized spacial score (nSPS) is 11.6. The molecule has 0 saturated heterocycles. The highest BCUT2D eigenvalue weighted by Crippen LogP contribution is 2.36. The first-order chi connectivity index (χ1) is 18.2. The van der Waals surface area contributed by atoms with Crippen molar-refractivity contribution in [2.75, 3.05) is 23.8 Å². The van der Waals surface area contributed by atoms with Gasteiger partial charge in [0.2, 0.25) is 5.91 Å². The van der Waals surface area contributed by atoms with Gasteiger partial charge >= 0.3 is 5.97 Å². The number of nitrogen functional groups attached to an aromatic ring is 1. The van der Waals surface area contributed by atoms with Gasteiger partial charge in [-0.3, -0.25) is 24.1 Å². The monoisotopic (exact) mass is 534 g/mol. The third-order valence-corrected chi connectivity index (χ3v) is 6.67. The Morgan fingerprint density at radius 1 is 1.13 bits per heavy atom. The number of carbonyl (C=O) groups is 4. The Morgan fingerprint density at radius 2 is 1.84 bits per heavy atom. The van der Waals surface area contributed by atoms with E-state index in [2.05, 4.69) is 14.7 Å². The van der Waals surface area contributed by atoms with Crippen LogP contribution in [-0.4, -0.2) is 46.2 Å². The standard InChI is InChI=1S/C26H26N6O5S/c1-3-37-19(33)13-30-25(35)22(17-12-29-18-7-5-4-6-16(17)18)32(15-10-8-14(2)9-11-15)26(36)23-20(27)21(24(28)34)31-38-23/h4-12,22,29H,3,13,27H2,1-2H3,(H2,28,34)(H,30,35)/t22-/m0/s1. The maximum Gasteiger partial charge on any atom is 0.325 e. The number of para-hydroxylation sites is 1. The number of H-pyrrole nitrogens is 1. The summed E-state index contributed by atoms with van der Waals surface area (Å²) in [7, 11) is 0. The van der Waals surface area contributed by atoms with Crippen LogP contribution in [0.5, 0.6) is 0 Å². The molecule has 1 atom stereocenters. The number of rotatable bonds is 9. The number of aromatic amines is 1. The minimum Gasteiger partial charge on any atom is -0.465 e. The van der Waals surface area contributed by atoms with Crippen molar-refractivity contribution >= 4 is 57.5 Å². The van der Waals surface area contributed by atoms with E-state index in [0.29, 0.717) is 28.2 Å². The molecule has 38 heavy (non-hydrogen) atoms. The van der Waals surface area contributed by atoms with E-state index in [0.717, 1.165) is 11.1 Å². The number of nitrogens with zero attached hydrogens (tertiary/aromatic N) is 2. The van der Waals surface area contributed by atoms with Crippen LogP contribution in [0.3, 0.4) is 0 Å². The van der Waals surface area contributed by atoms with E-state index in [1.54, 1.807) is 37.4 Å². The number of nitrogens with one attached hydrogen (secondary N) is 2. The predicted molar refractivity (Wildman–Crippen MR) is 144 cm³/mol. The van der Waals surface area contributed by atoms with Crippen molar-refractivity contribution in [3.63, 3.8) is 0 Å². The number of nitrogens with two attached hydrogens (primary N) is 2. The van der Waals surface area contributed by atoms with Crippen molar-refractivity contribution in [3.05, 3.63) is 76.4 Å². The minimum absolute atomic E-state index is 0.0533. The molecule has 2 aromatic carbocycles. The van der Waals surface area contributed by atoms with Crippen LogP contribution in [0.4, 0.5) is 11.4 Å². The molecule has 0 aliphatic carbocycles. The van der Waals surface area contributed by atoms with Gasteiger partial charge in [-0.05, 0) is 43.6 Å². The van der Waals surface area contributed by atoms with Gasteiger partial charge in [0.25, 0.3) is 11.8 Å². The van der Waals surface area contributed by atoms with Gasteiger partial charge in [0.1, 0.15) is 17.5 Å².